The van der Waals surface area contributed by atoms with E-state index in [9.17, 15) is 13.2 Å². The van der Waals surface area contributed by atoms with Gasteiger partial charge in [0.2, 0.25) is 10.0 Å². The number of hydrogen-bond acceptors (Lipinski definition) is 4. The molecular weight excluding hydrogens is 352 g/mol. The fourth-order valence-electron chi connectivity index (χ4n) is 2.47. The lowest BCUT2D eigenvalue weighted by Gasteiger charge is -2.11. The summed E-state index contributed by atoms with van der Waals surface area (Å²) < 4.78 is 31.9. The van der Waals surface area contributed by atoms with E-state index >= 15 is 0 Å². The summed E-state index contributed by atoms with van der Waals surface area (Å²) in [5.74, 6) is -0.266. The van der Waals surface area contributed by atoms with E-state index in [1.54, 1.807) is 21.0 Å². The number of methoxy groups -OCH3 is 1. The molecule has 0 bridgehead atoms. The molecule has 26 heavy (non-hydrogen) atoms. The third-order valence-corrected chi connectivity index (χ3v) is 5.35. The van der Waals surface area contributed by atoms with E-state index < -0.39 is 10.0 Å². The average Bonchev–Trinajstić information content (AvgIpc) is 2.60. The summed E-state index contributed by atoms with van der Waals surface area (Å²) in [5, 5.41) is 2.84. The molecule has 0 spiro atoms. The zero-order chi connectivity index (χ0) is 19.2. The van der Waals surface area contributed by atoms with Crippen LogP contribution in [0.2, 0.25) is 0 Å². The molecule has 0 aliphatic heterocycles. The Morgan fingerprint density at radius 1 is 1.04 bits per heavy atom. The molecule has 0 atom stereocenters. The second-order valence-electron chi connectivity index (χ2n) is 6.18. The van der Waals surface area contributed by atoms with Crippen LogP contribution >= 0.6 is 0 Å². The van der Waals surface area contributed by atoms with Gasteiger partial charge >= 0.3 is 0 Å². The first-order valence-electron chi connectivity index (χ1n) is 8.30. The average molecular weight is 376 g/mol. The van der Waals surface area contributed by atoms with Crippen molar-refractivity contribution in [1.29, 1.82) is 0 Å². The molecule has 2 aromatic rings. The molecule has 7 heteroatoms. The molecule has 1 amide bonds. The molecule has 0 aromatic heterocycles. The third kappa shape index (κ3) is 5.39. The Kier molecular flexibility index (Phi) is 6.90. The molecule has 2 rings (SSSR count). The molecule has 0 unspecified atom stereocenters. The maximum absolute atomic E-state index is 12.3. The van der Waals surface area contributed by atoms with E-state index in [4.69, 9.17) is 4.74 Å². The number of sulfonamides is 1. The summed E-state index contributed by atoms with van der Waals surface area (Å²) in [6.45, 7) is 4.34. The van der Waals surface area contributed by atoms with Crippen molar-refractivity contribution in [3.8, 4) is 0 Å². The summed E-state index contributed by atoms with van der Waals surface area (Å²) in [5.41, 5.74) is 2.39. The van der Waals surface area contributed by atoms with Crippen LogP contribution in [0.5, 0.6) is 0 Å². The van der Waals surface area contributed by atoms with Crippen molar-refractivity contribution in [1.82, 2.24) is 10.0 Å². The fourth-order valence-corrected chi connectivity index (χ4v) is 3.72. The highest BCUT2D eigenvalue weighted by Gasteiger charge is 2.16. The van der Waals surface area contributed by atoms with Crippen LogP contribution in [-0.2, 0) is 27.9 Å². The molecule has 0 radical (unpaired) electrons. The van der Waals surface area contributed by atoms with Crippen LogP contribution in [0.15, 0.2) is 53.4 Å². The first-order valence-corrected chi connectivity index (χ1v) is 9.78. The van der Waals surface area contributed by atoms with E-state index in [0.717, 1.165) is 11.1 Å². The smallest absolute Gasteiger partial charge is 0.251 e. The van der Waals surface area contributed by atoms with E-state index in [0.29, 0.717) is 18.7 Å². The van der Waals surface area contributed by atoms with Gasteiger partial charge in [-0.25, -0.2) is 13.1 Å². The SMILES string of the molecule is COCc1ccccc1CNC(=O)c1ccc(S(=O)(=O)NC(C)C)cc1. The Bertz CT molecular complexity index is 846. The minimum atomic E-state index is -3.56. The van der Waals surface area contributed by atoms with Gasteiger partial charge in [0.25, 0.3) is 5.91 Å². The molecule has 0 saturated heterocycles. The second kappa shape index (κ2) is 8.93. The van der Waals surface area contributed by atoms with Crippen molar-refractivity contribution < 1.29 is 17.9 Å². The molecule has 140 valence electrons. The van der Waals surface area contributed by atoms with Crippen LogP contribution in [0.1, 0.15) is 35.3 Å². The molecule has 0 fully saturated rings. The van der Waals surface area contributed by atoms with Gasteiger partial charge < -0.3 is 10.1 Å². The van der Waals surface area contributed by atoms with E-state index in [-0.39, 0.29) is 16.8 Å². The summed E-state index contributed by atoms with van der Waals surface area (Å²) in [4.78, 5) is 12.5. The van der Waals surface area contributed by atoms with Gasteiger partial charge in [0.1, 0.15) is 0 Å². The van der Waals surface area contributed by atoms with E-state index in [1.165, 1.54) is 24.3 Å². The Hall–Kier alpha value is -2.22. The molecule has 2 N–H and O–H groups in total. The molecule has 6 nitrogen and oxygen atoms in total. The summed E-state index contributed by atoms with van der Waals surface area (Å²) in [6.07, 6.45) is 0. The largest absolute Gasteiger partial charge is 0.380 e. The van der Waals surface area contributed by atoms with Gasteiger partial charge in [0, 0.05) is 25.3 Å². The lowest BCUT2D eigenvalue weighted by molar-refractivity contribution is 0.0950. The number of amides is 1. The van der Waals surface area contributed by atoms with Crippen LogP contribution in [0.4, 0.5) is 0 Å². The lowest BCUT2D eigenvalue weighted by Crippen LogP contribution is -2.30. The third-order valence-electron chi connectivity index (χ3n) is 3.68. The minimum absolute atomic E-state index is 0.133. The Labute approximate surface area is 154 Å². The molecular formula is C19H24N2O4S. The van der Waals surface area contributed by atoms with Gasteiger partial charge in [0.05, 0.1) is 11.5 Å². The van der Waals surface area contributed by atoms with Crippen molar-refractivity contribution in [2.24, 2.45) is 0 Å². The highest BCUT2D eigenvalue weighted by atomic mass is 32.2. The highest BCUT2D eigenvalue weighted by Crippen LogP contribution is 2.13. The predicted molar refractivity (Wildman–Crippen MR) is 100 cm³/mol. The van der Waals surface area contributed by atoms with Crippen LogP contribution in [-0.4, -0.2) is 27.5 Å². The van der Waals surface area contributed by atoms with Crippen molar-refractivity contribution >= 4 is 15.9 Å². The first-order chi connectivity index (χ1) is 12.3. The van der Waals surface area contributed by atoms with Gasteiger partial charge in [-0.05, 0) is 49.2 Å². The normalized spacial score (nSPS) is 11.5. The fraction of sp³-hybridized carbons (Fsp3) is 0.316. The Balaban J connectivity index is 2.05. The highest BCUT2D eigenvalue weighted by molar-refractivity contribution is 7.89. The second-order valence-corrected chi connectivity index (χ2v) is 7.90. The van der Waals surface area contributed by atoms with Crippen LogP contribution in [0, 0.1) is 0 Å². The van der Waals surface area contributed by atoms with Crippen molar-refractivity contribution in [2.45, 2.75) is 37.9 Å². The molecule has 0 aliphatic carbocycles. The maximum Gasteiger partial charge on any atom is 0.251 e. The monoisotopic (exact) mass is 376 g/mol. The van der Waals surface area contributed by atoms with Crippen LogP contribution < -0.4 is 10.0 Å². The van der Waals surface area contributed by atoms with E-state index in [1.807, 2.05) is 24.3 Å². The number of nitrogens with one attached hydrogen (secondary N) is 2. The number of carbonyl (C=O) groups excluding carboxylic acids is 1. The molecule has 0 saturated carbocycles. The standard InChI is InChI=1S/C19H24N2O4S/c1-14(2)21-26(23,24)18-10-8-15(9-11-18)19(22)20-12-16-6-4-5-7-17(16)13-25-3/h4-11,14,21H,12-13H2,1-3H3,(H,20,22). The van der Waals surface area contributed by atoms with Gasteiger partial charge in [-0.2, -0.15) is 0 Å². The van der Waals surface area contributed by atoms with E-state index in [2.05, 4.69) is 10.0 Å². The number of carbonyl (C=O) groups is 1. The summed E-state index contributed by atoms with van der Waals surface area (Å²) in [6, 6.07) is 13.4. The Morgan fingerprint density at radius 2 is 1.65 bits per heavy atom. The van der Waals surface area contributed by atoms with Gasteiger partial charge in [-0.15, -0.1) is 0 Å². The quantitative estimate of drug-likeness (QED) is 0.741. The zero-order valence-corrected chi connectivity index (χ0v) is 16.0. The summed E-state index contributed by atoms with van der Waals surface area (Å²) in [7, 11) is -1.94. The number of hydrogen-bond donors (Lipinski definition) is 2. The summed E-state index contributed by atoms with van der Waals surface area (Å²) >= 11 is 0. The Morgan fingerprint density at radius 3 is 2.23 bits per heavy atom. The van der Waals surface area contributed by atoms with Crippen molar-refractivity contribution in [3.63, 3.8) is 0 Å². The number of benzene rings is 2. The van der Waals surface area contributed by atoms with Crippen molar-refractivity contribution in [2.75, 3.05) is 7.11 Å². The number of rotatable bonds is 8. The van der Waals surface area contributed by atoms with Crippen molar-refractivity contribution in [3.05, 3.63) is 65.2 Å². The molecule has 2 aromatic carbocycles. The first kappa shape index (κ1) is 20.1. The van der Waals surface area contributed by atoms with Crippen LogP contribution in [0.3, 0.4) is 0 Å². The lowest BCUT2D eigenvalue weighted by atomic mass is 10.1. The number of ether oxygens (including phenoxy) is 1. The van der Waals surface area contributed by atoms with Gasteiger partial charge in [0.15, 0.2) is 0 Å². The van der Waals surface area contributed by atoms with Gasteiger partial charge in [-0.3, -0.25) is 4.79 Å². The van der Waals surface area contributed by atoms with Crippen LogP contribution in [0.25, 0.3) is 0 Å². The minimum Gasteiger partial charge on any atom is -0.380 e. The topological polar surface area (TPSA) is 84.5 Å². The maximum atomic E-state index is 12.3. The molecule has 0 heterocycles. The molecule has 0 aliphatic rings. The predicted octanol–water partition coefficient (Wildman–Crippen LogP) is 2.45. The van der Waals surface area contributed by atoms with Gasteiger partial charge in [-0.1, -0.05) is 24.3 Å². The zero-order valence-electron chi connectivity index (χ0n) is 15.2.